The number of fused-ring (bicyclic) bond motifs is 1. The molecule has 0 spiro atoms. The summed E-state index contributed by atoms with van der Waals surface area (Å²) in [4.78, 5) is 14.9. The second-order valence-electron chi connectivity index (χ2n) is 7.73. The van der Waals surface area contributed by atoms with Crippen molar-refractivity contribution in [2.24, 2.45) is 17.6 Å². The van der Waals surface area contributed by atoms with Gasteiger partial charge in [0.2, 0.25) is 5.91 Å². The highest BCUT2D eigenvalue weighted by molar-refractivity contribution is 5.79. The molecule has 2 fully saturated rings. The summed E-state index contributed by atoms with van der Waals surface area (Å²) in [5.74, 6) is 1.60. The minimum atomic E-state index is 0.0515. The number of nitrogens with two attached hydrogens (primary N) is 1. The first-order valence-electron chi connectivity index (χ1n) is 10.1. The second-order valence-corrected chi connectivity index (χ2v) is 7.73. The fraction of sp³-hybridized carbons (Fsp3) is 0.722. The highest BCUT2D eigenvalue weighted by atomic mass is 16.2. The fourth-order valence-corrected chi connectivity index (χ4v) is 4.39. The van der Waals surface area contributed by atoms with Gasteiger partial charge >= 0.3 is 0 Å². The average Bonchev–Trinajstić information content (AvgIpc) is 3.20. The molecule has 146 valence electrons. The Balaban J connectivity index is 1.31. The number of aromatic nitrogens is 5. The van der Waals surface area contributed by atoms with Crippen LogP contribution in [0.15, 0.2) is 12.1 Å². The van der Waals surface area contributed by atoms with Gasteiger partial charge in [0.25, 0.3) is 0 Å². The SMILES string of the molecule is NCC(NC(=O)C1CCN(c2ccc3nnnn3n2)CC1)C1CCCCC1. The van der Waals surface area contributed by atoms with Crippen LogP contribution in [0.1, 0.15) is 44.9 Å². The van der Waals surface area contributed by atoms with Crippen LogP contribution in [0.5, 0.6) is 0 Å². The van der Waals surface area contributed by atoms with E-state index in [1.54, 1.807) is 0 Å². The molecule has 2 aliphatic rings. The van der Waals surface area contributed by atoms with Gasteiger partial charge in [-0.2, -0.15) is 0 Å². The lowest BCUT2D eigenvalue weighted by molar-refractivity contribution is -0.126. The van der Waals surface area contributed by atoms with E-state index < -0.39 is 0 Å². The van der Waals surface area contributed by atoms with Gasteiger partial charge in [0, 0.05) is 31.6 Å². The summed E-state index contributed by atoms with van der Waals surface area (Å²) >= 11 is 0. The molecule has 1 amide bonds. The minimum Gasteiger partial charge on any atom is -0.355 e. The number of carbonyl (C=O) groups excluding carboxylic acids is 1. The molecule has 1 aliphatic heterocycles. The van der Waals surface area contributed by atoms with E-state index >= 15 is 0 Å². The normalized spacial score (nSPS) is 20.7. The highest BCUT2D eigenvalue weighted by Gasteiger charge is 2.29. The van der Waals surface area contributed by atoms with Crippen LogP contribution in [0, 0.1) is 11.8 Å². The number of anilines is 1. The van der Waals surface area contributed by atoms with Gasteiger partial charge in [-0.05, 0) is 54.2 Å². The van der Waals surface area contributed by atoms with Crippen molar-refractivity contribution in [3.63, 3.8) is 0 Å². The predicted octanol–water partition coefficient (Wildman–Crippen LogP) is 0.759. The fourth-order valence-electron chi connectivity index (χ4n) is 4.39. The van der Waals surface area contributed by atoms with Gasteiger partial charge in [0.05, 0.1) is 0 Å². The van der Waals surface area contributed by atoms with Crippen LogP contribution in [0.4, 0.5) is 5.82 Å². The van der Waals surface area contributed by atoms with Crippen molar-refractivity contribution >= 4 is 17.4 Å². The van der Waals surface area contributed by atoms with E-state index in [-0.39, 0.29) is 17.9 Å². The van der Waals surface area contributed by atoms with E-state index in [0.717, 1.165) is 31.7 Å². The van der Waals surface area contributed by atoms with Crippen LogP contribution in [0.25, 0.3) is 5.65 Å². The Morgan fingerprint density at radius 1 is 1.19 bits per heavy atom. The zero-order chi connectivity index (χ0) is 18.6. The van der Waals surface area contributed by atoms with Gasteiger partial charge in [-0.15, -0.1) is 14.8 Å². The summed E-state index contributed by atoms with van der Waals surface area (Å²) in [7, 11) is 0. The zero-order valence-corrected chi connectivity index (χ0v) is 15.6. The average molecular weight is 372 g/mol. The van der Waals surface area contributed by atoms with Crippen molar-refractivity contribution < 1.29 is 4.79 Å². The third-order valence-electron chi connectivity index (χ3n) is 6.05. The molecule has 1 atom stereocenters. The lowest BCUT2D eigenvalue weighted by atomic mass is 9.83. The summed E-state index contributed by atoms with van der Waals surface area (Å²) < 4.78 is 1.43. The number of carbonyl (C=O) groups is 1. The van der Waals surface area contributed by atoms with Gasteiger partial charge in [-0.3, -0.25) is 4.79 Å². The van der Waals surface area contributed by atoms with E-state index in [2.05, 4.69) is 30.8 Å². The van der Waals surface area contributed by atoms with Crippen LogP contribution < -0.4 is 16.0 Å². The minimum absolute atomic E-state index is 0.0515. The molecule has 1 aliphatic carbocycles. The topological polar surface area (TPSA) is 114 Å². The standard InChI is InChI=1S/C18H28N8O/c19-12-15(13-4-2-1-3-5-13)20-18(27)14-8-10-25(11-9-14)17-7-6-16-21-23-24-26(16)22-17/h6-7,13-15H,1-5,8-12,19H2,(H,20,27). The molecule has 3 heterocycles. The lowest BCUT2D eigenvalue weighted by Gasteiger charge is -2.34. The second kappa shape index (κ2) is 8.16. The molecule has 0 bridgehead atoms. The summed E-state index contributed by atoms with van der Waals surface area (Å²) in [6, 6.07) is 3.91. The van der Waals surface area contributed by atoms with E-state index in [1.165, 1.54) is 36.7 Å². The number of nitrogens with one attached hydrogen (secondary N) is 1. The number of rotatable bonds is 5. The van der Waals surface area contributed by atoms with E-state index in [9.17, 15) is 4.79 Å². The quantitative estimate of drug-likeness (QED) is 0.796. The van der Waals surface area contributed by atoms with Crippen LogP contribution in [0.2, 0.25) is 0 Å². The Morgan fingerprint density at radius 3 is 2.70 bits per heavy atom. The summed E-state index contributed by atoms with van der Waals surface area (Å²) in [6.45, 7) is 2.13. The number of hydrogen-bond acceptors (Lipinski definition) is 7. The Morgan fingerprint density at radius 2 is 1.96 bits per heavy atom. The monoisotopic (exact) mass is 372 g/mol. The maximum absolute atomic E-state index is 12.8. The summed E-state index contributed by atoms with van der Waals surface area (Å²) in [6.07, 6.45) is 7.84. The van der Waals surface area contributed by atoms with Crippen LogP contribution in [0.3, 0.4) is 0 Å². The van der Waals surface area contributed by atoms with Crippen LogP contribution in [-0.4, -0.2) is 56.8 Å². The molecule has 2 aromatic rings. The smallest absolute Gasteiger partial charge is 0.223 e. The molecule has 0 aromatic carbocycles. The highest BCUT2D eigenvalue weighted by Crippen LogP contribution is 2.27. The van der Waals surface area contributed by atoms with Gasteiger partial charge < -0.3 is 16.0 Å². The summed E-state index contributed by atoms with van der Waals surface area (Å²) in [5.41, 5.74) is 6.59. The van der Waals surface area contributed by atoms with Crippen molar-refractivity contribution in [2.45, 2.75) is 51.0 Å². The molecular formula is C18H28N8O. The van der Waals surface area contributed by atoms with E-state index in [4.69, 9.17) is 5.73 Å². The maximum atomic E-state index is 12.8. The first-order valence-corrected chi connectivity index (χ1v) is 10.1. The van der Waals surface area contributed by atoms with Crippen molar-refractivity contribution in [3.8, 4) is 0 Å². The molecule has 9 nitrogen and oxygen atoms in total. The van der Waals surface area contributed by atoms with Crippen molar-refractivity contribution in [1.82, 2.24) is 30.6 Å². The maximum Gasteiger partial charge on any atom is 0.223 e. The van der Waals surface area contributed by atoms with E-state index in [0.29, 0.717) is 18.1 Å². The van der Waals surface area contributed by atoms with E-state index in [1.807, 2.05) is 12.1 Å². The molecular weight excluding hydrogens is 344 g/mol. The third kappa shape index (κ3) is 4.02. The molecule has 1 saturated carbocycles. The summed E-state index contributed by atoms with van der Waals surface area (Å²) in [5, 5.41) is 19.0. The van der Waals surface area contributed by atoms with Crippen LogP contribution in [-0.2, 0) is 4.79 Å². The predicted molar refractivity (Wildman–Crippen MR) is 101 cm³/mol. The number of tetrazole rings is 1. The molecule has 1 saturated heterocycles. The number of nitrogens with zero attached hydrogens (tertiary/aromatic N) is 6. The molecule has 0 radical (unpaired) electrons. The van der Waals surface area contributed by atoms with Gasteiger partial charge in [-0.25, -0.2) is 0 Å². The van der Waals surface area contributed by atoms with Crippen LogP contribution >= 0.6 is 0 Å². The molecule has 2 aromatic heterocycles. The molecule has 27 heavy (non-hydrogen) atoms. The van der Waals surface area contributed by atoms with Gasteiger partial charge in [0.15, 0.2) is 11.5 Å². The molecule has 9 heteroatoms. The molecule has 4 rings (SSSR count). The van der Waals surface area contributed by atoms with Crippen molar-refractivity contribution in [1.29, 1.82) is 0 Å². The third-order valence-corrected chi connectivity index (χ3v) is 6.05. The van der Waals surface area contributed by atoms with Crippen molar-refractivity contribution in [2.75, 3.05) is 24.5 Å². The first kappa shape index (κ1) is 18.1. The Bertz CT molecular complexity index is 764. The molecule has 1 unspecified atom stereocenters. The zero-order valence-electron chi connectivity index (χ0n) is 15.6. The lowest BCUT2D eigenvalue weighted by Crippen LogP contribution is -2.49. The first-order chi connectivity index (χ1) is 13.2. The van der Waals surface area contributed by atoms with Crippen molar-refractivity contribution in [3.05, 3.63) is 12.1 Å². The Hall–Kier alpha value is -2.29. The number of hydrogen-bond donors (Lipinski definition) is 2. The Kier molecular flexibility index (Phi) is 5.47. The largest absolute Gasteiger partial charge is 0.355 e. The van der Waals surface area contributed by atoms with Gasteiger partial charge in [-0.1, -0.05) is 19.3 Å². The number of piperidine rings is 1. The van der Waals surface area contributed by atoms with Gasteiger partial charge in [0.1, 0.15) is 0 Å². The Labute approximate surface area is 158 Å². The number of amides is 1. The molecule has 3 N–H and O–H groups in total.